The molecule has 0 aliphatic heterocycles. The van der Waals surface area contributed by atoms with Gasteiger partial charge in [-0.3, -0.25) is 0 Å². The van der Waals surface area contributed by atoms with E-state index < -0.39 is 0 Å². The van der Waals surface area contributed by atoms with Crippen molar-refractivity contribution in [2.45, 2.75) is 56.4 Å². The molecular formula is C27H26N8O2S. The molecule has 9 rings (SSSR count). The molecule has 0 saturated heterocycles. The lowest BCUT2D eigenvalue weighted by atomic mass is 9.46. The number of nitrogens with zero attached hydrogens (tertiary/aromatic N) is 8. The molecule has 4 aromatic heterocycles. The second-order valence-electron chi connectivity index (χ2n) is 11.4. The van der Waals surface area contributed by atoms with Crippen LogP contribution in [-0.4, -0.2) is 52.9 Å². The molecule has 4 aliphatic carbocycles. The minimum Gasteiger partial charge on any atom is -0.465 e. The van der Waals surface area contributed by atoms with E-state index in [1.165, 1.54) is 24.9 Å². The fourth-order valence-electron chi connectivity index (χ4n) is 7.87. The molecule has 1 aromatic carbocycles. The average Bonchev–Trinajstić information content (AvgIpc) is 3.66. The van der Waals surface area contributed by atoms with Crippen molar-refractivity contribution in [2.24, 2.45) is 11.8 Å². The molecule has 4 aliphatic rings. The number of esters is 1. The highest BCUT2D eigenvalue weighted by molar-refractivity contribution is 7.20. The number of tetrazole rings is 1. The number of hydrogen-bond donors (Lipinski definition) is 0. The van der Waals surface area contributed by atoms with Gasteiger partial charge in [0.1, 0.15) is 16.0 Å². The van der Waals surface area contributed by atoms with Crippen LogP contribution in [0.2, 0.25) is 0 Å². The normalized spacial score (nSPS) is 27.9. The van der Waals surface area contributed by atoms with Gasteiger partial charge < -0.3 is 4.74 Å². The SMILES string of the molecule is COC(=O)c1sc2ncn3nc(C45CC6CC(C4)CC(n4nnc(-c7ccccc7)n4)(C6)C5)nc3c2c1C. The molecule has 0 N–H and O–H groups in total. The molecular weight excluding hydrogens is 500 g/mol. The van der Waals surface area contributed by atoms with Crippen LogP contribution >= 0.6 is 11.3 Å². The minimum absolute atomic E-state index is 0.141. The molecule has 10 nitrogen and oxygen atoms in total. The Bertz CT molecular complexity index is 1720. The number of methoxy groups -OCH3 is 1. The van der Waals surface area contributed by atoms with Crippen molar-refractivity contribution in [3.05, 3.63) is 52.9 Å². The number of aryl methyl sites for hydroxylation is 1. The summed E-state index contributed by atoms with van der Waals surface area (Å²) < 4.78 is 6.78. The lowest BCUT2D eigenvalue weighted by molar-refractivity contribution is -0.0784. The van der Waals surface area contributed by atoms with Crippen LogP contribution in [0, 0.1) is 18.8 Å². The second kappa shape index (κ2) is 7.66. The zero-order chi connectivity index (χ0) is 25.6. The summed E-state index contributed by atoms with van der Waals surface area (Å²) >= 11 is 1.34. The predicted molar refractivity (Wildman–Crippen MR) is 140 cm³/mol. The van der Waals surface area contributed by atoms with E-state index in [1.807, 2.05) is 42.1 Å². The number of ether oxygens (including phenoxy) is 1. The fraction of sp³-hybridized carbons (Fsp3) is 0.444. The van der Waals surface area contributed by atoms with Crippen LogP contribution in [0.5, 0.6) is 0 Å². The highest BCUT2D eigenvalue weighted by Gasteiger charge is 2.61. The highest BCUT2D eigenvalue weighted by Crippen LogP contribution is 2.64. The Labute approximate surface area is 222 Å². The molecule has 5 aromatic rings. The van der Waals surface area contributed by atoms with Crippen molar-refractivity contribution < 1.29 is 9.53 Å². The van der Waals surface area contributed by atoms with Crippen molar-refractivity contribution in [3.63, 3.8) is 0 Å². The maximum atomic E-state index is 12.3. The van der Waals surface area contributed by atoms with Crippen LogP contribution in [0.25, 0.3) is 27.3 Å². The Morgan fingerprint density at radius 3 is 2.66 bits per heavy atom. The van der Waals surface area contributed by atoms with Crippen LogP contribution in [0.15, 0.2) is 36.7 Å². The molecule has 192 valence electrons. The van der Waals surface area contributed by atoms with Gasteiger partial charge in [0.25, 0.3) is 0 Å². The number of aromatic nitrogens is 8. The van der Waals surface area contributed by atoms with Crippen LogP contribution < -0.4 is 0 Å². The van der Waals surface area contributed by atoms with E-state index in [9.17, 15) is 4.79 Å². The summed E-state index contributed by atoms with van der Waals surface area (Å²) in [7, 11) is 1.40. The summed E-state index contributed by atoms with van der Waals surface area (Å²) in [6.07, 6.45) is 8.16. The van der Waals surface area contributed by atoms with E-state index in [1.54, 1.807) is 10.8 Å². The summed E-state index contributed by atoms with van der Waals surface area (Å²) in [4.78, 5) is 25.4. The van der Waals surface area contributed by atoms with Gasteiger partial charge >= 0.3 is 5.97 Å². The standard InChI is InChI=1S/C27H26N8O2S/c1-15-19-22-29-25(32-34(22)14-28-23(19)38-20(15)24(36)37-2)26-9-16-8-17(10-26)12-27(11-16,13-26)35-31-21(30-33-35)18-6-4-3-5-7-18/h3-7,14,16-17H,8-13H2,1-2H3. The minimum atomic E-state index is -0.346. The Balaban J connectivity index is 1.23. The predicted octanol–water partition coefficient (Wildman–Crippen LogP) is 4.33. The topological polar surface area (TPSA) is 113 Å². The van der Waals surface area contributed by atoms with Gasteiger partial charge in [-0.05, 0) is 68.1 Å². The highest BCUT2D eigenvalue weighted by atomic mass is 32.1. The molecule has 38 heavy (non-hydrogen) atoms. The summed E-state index contributed by atoms with van der Waals surface area (Å²) in [5.74, 6) is 2.37. The summed E-state index contributed by atoms with van der Waals surface area (Å²) in [6.45, 7) is 1.93. The second-order valence-corrected chi connectivity index (χ2v) is 12.4. The molecule has 0 radical (unpaired) electrons. The largest absolute Gasteiger partial charge is 0.465 e. The van der Waals surface area contributed by atoms with E-state index in [0.29, 0.717) is 22.5 Å². The number of carbonyl (C=O) groups excluding carboxylic acids is 1. The first-order valence-corrected chi connectivity index (χ1v) is 13.9. The summed E-state index contributed by atoms with van der Waals surface area (Å²) in [5.41, 5.74) is 2.26. The van der Waals surface area contributed by atoms with E-state index in [2.05, 4.69) is 15.3 Å². The molecule has 4 saturated carbocycles. The molecule has 2 unspecified atom stereocenters. The number of carbonyl (C=O) groups is 1. The quantitative estimate of drug-likeness (QED) is 0.318. The molecule has 0 amide bonds. The molecule has 4 heterocycles. The first-order valence-electron chi connectivity index (χ1n) is 13.1. The Hall–Kier alpha value is -3.73. The number of thiophene rings is 1. The molecule has 4 bridgehead atoms. The smallest absolute Gasteiger partial charge is 0.348 e. The Kier molecular flexibility index (Phi) is 4.49. The van der Waals surface area contributed by atoms with Gasteiger partial charge in [0, 0.05) is 11.0 Å². The van der Waals surface area contributed by atoms with Crippen molar-refractivity contribution >= 4 is 33.2 Å². The maximum Gasteiger partial charge on any atom is 0.348 e. The fourth-order valence-corrected chi connectivity index (χ4v) is 8.94. The van der Waals surface area contributed by atoms with Crippen molar-refractivity contribution in [2.75, 3.05) is 7.11 Å². The van der Waals surface area contributed by atoms with Gasteiger partial charge in [-0.2, -0.15) is 4.80 Å². The third-order valence-electron chi connectivity index (χ3n) is 9.01. The van der Waals surface area contributed by atoms with Gasteiger partial charge in [-0.1, -0.05) is 30.3 Å². The third kappa shape index (κ3) is 3.02. The number of benzene rings is 1. The van der Waals surface area contributed by atoms with Crippen LogP contribution in [-0.2, 0) is 15.7 Å². The number of fused-ring (bicyclic) bond motifs is 3. The first kappa shape index (κ1) is 22.3. The maximum absolute atomic E-state index is 12.3. The van der Waals surface area contributed by atoms with Gasteiger partial charge in [0.05, 0.1) is 18.0 Å². The molecule has 0 spiro atoms. The Morgan fingerprint density at radius 2 is 1.89 bits per heavy atom. The van der Waals surface area contributed by atoms with Gasteiger partial charge in [0.15, 0.2) is 11.5 Å². The van der Waals surface area contributed by atoms with E-state index in [0.717, 1.165) is 64.9 Å². The van der Waals surface area contributed by atoms with Crippen molar-refractivity contribution in [1.82, 2.24) is 39.8 Å². The zero-order valence-corrected chi connectivity index (χ0v) is 22.0. The lowest BCUT2D eigenvalue weighted by Gasteiger charge is -2.60. The van der Waals surface area contributed by atoms with E-state index in [-0.39, 0.29) is 16.9 Å². The molecule has 11 heteroatoms. The average molecular weight is 527 g/mol. The first-order chi connectivity index (χ1) is 18.5. The van der Waals surface area contributed by atoms with Gasteiger partial charge in [-0.25, -0.2) is 19.3 Å². The lowest BCUT2D eigenvalue weighted by Crippen LogP contribution is -2.59. The van der Waals surface area contributed by atoms with Crippen LogP contribution in [0.3, 0.4) is 0 Å². The summed E-state index contributed by atoms with van der Waals surface area (Å²) in [5, 5.41) is 19.9. The van der Waals surface area contributed by atoms with Gasteiger partial charge in [0.2, 0.25) is 5.82 Å². The Morgan fingerprint density at radius 1 is 1.11 bits per heavy atom. The number of hydrogen-bond acceptors (Lipinski definition) is 9. The molecule has 4 fully saturated rings. The molecule has 2 atom stereocenters. The van der Waals surface area contributed by atoms with Gasteiger partial charge in [-0.15, -0.1) is 26.6 Å². The summed E-state index contributed by atoms with van der Waals surface area (Å²) in [6, 6.07) is 10.0. The van der Waals surface area contributed by atoms with E-state index >= 15 is 0 Å². The number of rotatable bonds is 4. The van der Waals surface area contributed by atoms with Crippen LogP contribution in [0.1, 0.15) is 59.6 Å². The van der Waals surface area contributed by atoms with Crippen molar-refractivity contribution in [1.29, 1.82) is 0 Å². The van der Waals surface area contributed by atoms with Crippen molar-refractivity contribution in [3.8, 4) is 11.4 Å². The van der Waals surface area contributed by atoms with E-state index in [4.69, 9.17) is 19.9 Å². The third-order valence-corrected chi connectivity index (χ3v) is 10.2. The zero-order valence-electron chi connectivity index (χ0n) is 21.2. The van der Waals surface area contributed by atoms with Crippen LogP contribution in [0.4, 0.5) is 0 Å². The monoisotopic (exact) mass is 526 g/mol.